The van der Waals surface area contributed by atoms with E-state index in [4.69, 9.17) is 4.74 Å². The molecule has 0 radical (unpaired) electrons. The summed E-state index contributed by atoms with van der Waals surface area (Å²) in [4.78, 5) is 11.8. The molecule has 0 unspecified atom stereocenters. The molecular formula is C5H10INO2. The molecule has 3 nitrogen and oxygen atoms in total. The van der Waals surface area contributed by atoms with Gasteiger partial charge in [-0.05, 0) is 0 Å². The van der Waals surface area contributed by atoms with Crippen LogP contribution < -0.4 is 0 Å². The summed E-state index contributed by atoms with van der Waals surface area (Å²) < 4.78 is 5.50. The molecule has 0 aromatic rings. The summed E-state index contributed by atoms with van der Waals surface area (Å²) in [5.41, 5.74) is 0. The largest absolute Gasteiger partial charge is 0.383 e. The Balaban J connectivity index is 3.20. The molecule has 0 rings (SSSR count). The van der Waals surface area contributed by atoms with Crippen molar-refractivity contribution in [2.45, 2.75) is 0 Å². The molecule has 0 spiro atoms. The molecule has 0 saturated heterocycles. The second kappa shape index (κ2) is 6.28. The fourth-order valence-electron chi connectivity index (χ4n) is 0.349. The first-order valence-electron chi connectivity index (χ1n) is 2.59. The predicted octanol–water partition coefficient (Wildman–Crippen LogP) is 0.484. The quantitative estimate of drug-likeness (QED) is 0.304. The van der Waals surface area contributed by atoms with E-state index in [-0.39, 0.29) is 0 Å². The van der Waals surface area contributed by atoms with Crippen LogP contribution in [0.4, 0.5) is 0 Å². The number of nitrogens with zero attached hydrogens (tertiary/aromatic N) is 1. The molecule has 54 valence electrons. The summed E-state index contributed by atoms with van der Waals surface area (Å²) in [5, 5.41) is 0. The minimum Gasteiger partial charge on any atom is -0.383 e. The molecule has 0 atom stereocenters. The number of hydrogen-bond acceptors (Lipinski definition) is 2. The third-order valence-corrected chi connectivity index (χ3v) is 1.76. The molecule has 0 aromatic carbocycles. The van der Waals surface area contributed by atoms with E-state index in [0.717, 1.165) is 11.0 Å². The van der Waals surface area contributed by atoms with E-state index in [2.05, 4.69) is 22.6 Å². The molecule has 1 amide bonds. The van der Waals surface area contributed by atoms with Gasteiger partial charge in [0.15, 0.2) is 0 Å². The van der Waals surface area contributed by atoms with Crippen LogP contribution in [-0.4, -0.2) is 36.1 Å². The Labute approximate surface area is 68.5 Å². The number of carbonyl (C=O) groups excluding carboxylic acids is 1. The summed E-state index contributed by atoms with van der Waals surface area (Å²) in [5.74, 6) is 0. The normalized spacial score (nSPS) is 9.11. The van der Waals surface area contributed by atoms with Gasteiger partial charge >= 0.3 is 0 Å². The molecule has 0 aromatic heterocycles. The second-order valence-corrected chi connectivity index (χ2v) is 2.21. The minimum absolute atomic E-state index is 0.613. The molecule has 0 bridgehead atoms. The molecule has 0 saturated carbocycles. The second-order valence-electron chi connectivity index (χ2n) is 1.53. The van der Waals surface area contributed by atoms with Gasteiger partial charge < -0.3 is 9.64 Å². The van der Waals surface area contributed by atoms with Gasteiger partial charge in [0, 0.05) is 13.7 Å². The fraction of sp³-hybridized carbons (Fsp3) is 0.800. The van der Waals surface area contributed by atoms with Crippen LogP contribution in [0.2, 0.25) is 0 Å². The fourth-order valence-corrected chi connectivity index (χ4v) is 0.851. The smallest absolute Gasteiger partial charge is 0.210 e. The van der Waals surface area contributed by atoms with Gasteiger partial charge in [0.25, 0.3) is 0 Å². The standard InChI is InChI=1S/C5H10INO2/c1-9-3-2-7(4-6)5-8/h5H,2-4H2,1H3. The van der Waals surface area contributed by atoms with Crippen LogP contribution in [0, 0.1) is 0 Å². The molecule has 0 heterocycles. The van der Waals surface area contributed by atoms with Gasteiger partial charge in [-0.25, -0.2) is 0 Å². The maximum atomic E-state index is 10.1. The topological polar surface area (TPSA) is 29.5 Å². The lowest BCUT2D eigenvalue weighted by Gasteiger charge is -2.11. The number of methoxy groups -OCH3 is 1. The highest BCUT2D eigenvalue weighted by Crippen LogP contribution is 1.88. The molecular weight excluding hydrogens is 233 g/mol. The van der Waals surface area contributed by atoms with Gasteiger partial charge in [-0.2, -0.15) is 0 Å². The Kier molecular flexibility index (Phi) is 6.39. The highest BCUT2D eigenvalue weighted by Gasteiger charge is 1.94. The Bertz CT molecular complexity index is 79.4. The molecule has 0 aliphatic heterocycles. The zero-order chi connectivity index (χ0) is 7.11. The third-order valence-electron chi connectivity index (χ3n) is 0.885. The monoisotopic (exact) mass is 243 g/mol. The SMILES string of the molecule is COCCN(C=O)CI. The predicted molar refractivity (Wildman–Crippen MR) is 43.5 cm³/mol. The average molecular weight is 243 g/mol. The zero-order valence-electron chi connectivity index (χ0n) is 5.34. The van der Waals surface area contributed by atoms with Crippen LogP contribution in [0.15, 0.2) is 0 Å². The van der Waals surface area contributed by atoms with E-state index in [0.29, 0.717) is 13.2 Å². The minimum atomic E-state index is 0.613. The van der Waals surface area contributed by atoms with Gasteiger partial charge in [-0.1, -0.05) is 22.6 Å². The van der Waals surface area contributed by atoms with Gasteiger partial charge in [-0.15, -0.1) is 0 Å². The van der Waals surface area contributed by atoms with Crippen molar-refractivity contribution in [3.05, 3.63) is 0 Å². The van der Waals surface area contributed by atoms with E-state index in [1.165, 1.54) is 0 Å². The van der Waals surface area contributed by atoms with Crippen LogP contribution in [-0.2, 0) is 9.53 Å². The van der Waals surface area contributed by atoms with Crippen molar-refractivity contribution < 1.29 is 9.53 Å². The van der Waals surface area contributed by atoms with Gasteiger partial charge in [0.05, 0.1) is 11.2 Å². The highest BCUT2D eigenvalue weighted by atomic mass is 127. The number of alkyl halides is 1. The average Bonchev–Trinajstić information content (AvgIpc) is 1.91. The van der Waals surface area contributed by atoms with E-state index in [1.54, 1.807) is 12.0 Å². The summed E-state index contributed by atoms with van der Waals surface area (Å²) >= 11 is 2.13. The van der Waals surface area contributed by atoms with Gasteiger partial charge in [-0.3, -0.25) is 4.79 Å². The number of carbonyl (C=O) groups is 1. The number of halogens is 1. The van der Waals surface area contributed by atoms with E-state index < -0.39 is 0 Å². The number of hydrogen-bond donors (Lipinski definition) is 0. The number of rotatable bonds is 5. The van der Waals surface area contributed by atoms with Crippen LogP contribution >= 0.6 is 22.6 Å². The van der Waals surface area contributed by atoms with E-state index in [1.807, 2.05) is 0 Å². The van der Waals surface area contributed by atoms with Crippen molar-refractivity contribution in [1.29, 1.82) is 0 Å². The lowest BCUT2D eigenvalue weighted by atomic mass is 10.6. The van der Waals surface area contributed by atoms with Crippen LogP contribution in [0.5, 0.6) is 0 Å². The number of amides is 1. The number of ether oxygens (including phenoxy) is 1. The van der Waals surface area contributed by atoms with Crippen molar-refractivity contribution in [1.82, 2.24) is 4.90 Å². The lowest BCUT2D eigenvalue weighted by Crippen LogP contribution is -2.23. The van der Waals surface area contributed by atoms with Crippen LogP contribution in [0.1, 0.15) is 0 Å². The van der Waals surface area contributed by atoms with Crippen molar-refractivity contribution >= 4 is 29.0 Å². The Morgan fingerprint density at radius 2 is 2.44 bits per heavy atom. The zero-order valence-corrected chi connectivity index (χ0v) is 7.50. The maximum Gasteiger partial charge on any atom is 0.210 e. The third kappa shape index (κ3) is 4.65. The highest BCUT2D eigenvalue weighted by molar-refractivity contribution is 14.1. The van der Waals surface area contributed by atoms with Gasteiger partial charge in [0.2, 0.25) is 6.41 Å². The Morgan fingerprint density at radius 1 is 1.78 bits per heavy atom. The van der Waals surface area contributed by atoms with Crippen LogP contribution in [0.25, 0.3) is 0 Å². The summed E-state index contributed by atoms with van der Waals surface area (Å²) in [6.07, 6.45) is 0.825. The van der Waals surface area contributed by atoms with Crippen molar-refractivity contribution in [2.24, 2.45) is 0 Å². The molecule has 0 aliphatic carbocycles. The molecule has 0 fully saturated rings. The summed E-state index contributed by atoms with van der Waals surface area (Å²) in [7, 11) is 1.62. The van der Waals surface area contributed by atoms with Gasteiger partial charge in [0.1, 0.15) is 0 Å². The van der Waals surface area contributed by atoms with E-state index in [9.17, 15) is 4.79 Å². The van der Waals surface area contributed by atoms with Crippen molar-refractivity contribution in [3.63, 3.8) is 0 Å². The summed E-state index contributed by atoms with van der Waals surface area (Å²) in [6, 6.07) is 0. The maximum absolute atomic E-state index is 10.1. The first-order valence-corrected chi connectivity index (χ1v) is 4.12. The van der Waals surface area contributed by atoms with Crippen LogP contribution in [0.3, 0.4) is 0 Å². The Morgan fingerprint density at radius 3 is 2.78 bits per heavy atom. The van der Waals surface area contributed by atoms with Crippen molar-refractivity contribution in [3.8, 4) is 0 Å². The Hall–Kier alpha value is 0.160. The first kappa shape index (κ1) is 9.16. The molecule has 9 heavy (non-hydrogen) atoms. The molecule has 0 aliphatic rings. The van der Waals surface area contributed by atoms with Crippen molar-refractivity contribution in [2.75, 3.05) is 24.8 Å². The molecule has 0 N–H and O–H groups in total. The van der Waals surface area contributed by atoms with E-state index >= 15 is 0 Å². The summed E-state index contributed by atoms with van der Waals surface area (Å²) in [6.45, 7) is 1.30. The first-order chi connectivity index (χ1) is 4.35. The lowest BCUT2D eigenvalue weighted by molar-refractivity contribution is -0.117. The molecule has 4 heteroatoms.